The van der Waals surface area contributed by atoms with Crippen LogP contribution < -0.4 is 20.1 Å². The van der Waals surface area contributed by atoms with Crippen LogP contribution in [0.4, 0.5) is 5.69 Å². The molecule has 0 aromatic heterocycles. The van der Waals surface area contributed by atoms with E-state index in [0.29, 0.717) is 28.7 Å². The fraction of sp³-hybridized carbons (Fsp3) is 0.280. The van der Waals surface area contributed by atoms with Gasteiger partial charge in [0.2, 0.25) is 0 Å². The predicted molar refractivity (Wildman–Crippen MR) is 123 cm³/mol. The number of carbonyl (C=O) groups is 2. The normalized spacial score (nSPS) is 11.8. The Morgan fingerprint density at radius 1 is 0.903 bits per heavy atom. The fourth-order valence-electron chi connectivity index (χ4n) is 3.06. The van der Waals surface area contributed by atoms with Gasteiger partial charge >= 0.3 is 0 Å². The van der Waals surface area contributed by atoms with Crippen LogP contribution in [-0.4, -0.2) is 31.6 Å². The molecule has 0 radical (unpaired) electrons. The molecular formula is C25H28N2O4. The predicted octanol–water partition coefficient (Wildman–Crippen LogP) is 4.64. The molecule has 0 aliphatic heterocycles. The van der Waals surface area contributed by atoms with Crippen molar-refractivity contribution in [2.24, 2.45) is 5.92 Å². The summed E-state index contributed by atoms with van der Waals surface area (Å²) in [6.45, 7) is 5.85. The van der Waals surface area contributed by atoms with Gasteiger partial charge in [0.15, 0.2) is 6.61 Å². The summed E-state index contributed by atoms with van der Waals surface area (Å²) < 4.78 is 11.1. The minimum absolute atomic E-state index is 0.0287. The summed E-state index contributed by atoms with van der Waals surface area (Å²) in [5, 5.41) is 7.60. The molecule has 3 rings (SSSR count). The number of ether oxygens (including phenoxy) is 2. The van der Waals surface area contributed by atoms with Crippen molar-refractivity contribution in [2.45, 2.75) is 26.8 Å². The number of carbonyl (C=O) groups excluding carboxylic acids is 2. The minimum Gasteiger partial charge on any atom is -0.495 e. The number of hydrogen-bond acceptors (Lipinski definition) is 4. The maximum absolute atomic E-state index is 13.1. The van der Waals surface area contributed by atoms with Crippen LogP contribution in [0.5, 0.6) is 11.5 Å². The smallest absolute Gasteiger partial charge is 0.259 e. The lowest BCUT2D eigenvalue weighted by molar-refractivity contribution is -0.124. The number of methoxy groups -OCH3 is 1. The van der Waals surface area contributed by atoms with E-state index in [-0.39, 0.29) is 24.5 Å². The summed E-state index contributed by atoms with van der Waals surface area (Å²) in [7, 11) is 1.55. The quantitative estimate of drug-likeness (QED) is 0.557. The molecule has 6 nitrogen and oxygen atoms in total. The van der Waals surface area contributed by atoms with Gasteiger partial charge in [0, 0.05) is 6.04 Å². The lowest BCUT2D eigenvalue weighted by Gasteiger charge is -2.18. The van der Waals surface area contributed by atoms with Crippen molar-refractivity contribution < 1.29 is 19.1 Å². The maximum Gasteiger partial charge on any atom is 0.259 e. The minimum atomic E-state index is -0.346. The number of benzene rings is 3. The molecule has 2 N–H and O–H groups in total. The van der Waals surface area contributed by atoms with Gasteiger partial charge in [-0.1, -0.05) is 50.2 Å². The first-order chi connectivity index (χ1) is 14.9. The van der Waals surface area contributed by atoms with Crippen molar-refractivity contribution in [1.82, 2.24) is 5.32 Å². The molecule has 0 bridgehead atoms. The summed E-state index contributed by atoms with van der Waals surface area (Å²) in [6.07, 6.45) is 0. The number of amides is 2. The van der Waals surface area contributed by atoms with E-state index in [1.807, 2.05) is 57.2 Å². The standard InChI is InChI=1S/C25H28N2O4/c1-16(2)17(3)26-24(28)15-31-23-14-19-10-6-5-9-18(19)13-20(23)25(29)27-21-11-7-8-12-22(21)30-4/h5-14,16-17H,15H2,1-4H3,(H,26,28)(H,27,29). The van der Waals surface area contributed by atoms with Crippen LogP contribution in [0.25, 0.3) is 10.8 Å². The van der Waals surface area contributed by atoms with Gasteiger partial charge in [-0.25, -0.2) is 0 Å². The Balaban J connectivity index is 1.86. The van der Waals surface area contributed by atoms with Crippen molar-refractivity contribution in [1.29, 1.82) is 0 Å². The number of anilines is 1. The molecule has 0 saturated heterocycles. The molecule has 0 fully saturated rings. The Labute approximate surface area is 182 Å². The van der Waals surface area contributed by atoms with Gasteiger partial charge in [-0.3, -0.25) is 9.59 Å². The van der Waals surface area contributed by atoms with Crippen LogP contribution in [0.15, 0.2) is 60.7 Å². The van der Waals surface area contributed by atoms with Gasteiger partial charge < -0.3 is 20.1 Å². The second-order valence-electron chi connectivity index (χ2n) is 7.74. The second kappa shape index (κ2) is 9.98. The van der Waals surface area contributed by atoms with E-state index in [4.69, 9.17) is 9.47 Å². The van der Waals surface area contributed by atoms with E-state index in [1.54, 1.807) is 31.4 Å². The number of para-hydroxylation sites is 2. The van der Waals surface area contributed by atoms with E-state index in [9.17, 15) is 9.59 Å². The van der Waals surface area contributed by atoms with Crippen LogP contribution in [0.1, 0.15) is 31.1 Å². The highest BCUT2D eigenvalue weighted by Crippen LogP contribution is 2.29. The van der Waals surface area contributed by atoms with Gasteiger partial charge in [-0.15, -0.1) is 0 Å². The van der Waals surface area contributed by atoms with Gasteiger partial charge in [0.25, 0.3) is 11.8 Å². The molecule has 0 heterocycles. The highest BCUT2D eigenvalue weighted by Gasteiger charge is 2.18. The van der Waals surface area contributed by atoms with E-state index >= 15 is 0 Å². The first kappa shape index (κ1) is 22.2. The van der Waals surface area contributed by atoms with Gasteiger partial charge in [0.05, 0.1) is 18.4 Å². The largest absolute Gasteiger partial charge is 0.495 e. The molecule has 3 aromatic carbocycles. The Bertz CT molecular complexity index is 1080. The lowest BCUT2D eigenvalue weighted by atomic mass is 10.0. The topological polar surface area (TPSA) is 76.7 Å². The van der Waals surface area contributed by atoms with Crippen molar-refractivity contribution in [3.05, 3.63) is 66.2 Å². The molecule has 0 aliphatic rings. The van der Waals surface area contributed by atoms with Crippen LogP contribution in [0.3, 0.4) is 0 Å². The highest BCUT2D eigenvalue weighted by atomic mass is 16.5. The molecular weight excluding hydrogens is 392 g/mol. The first-order valence-corrected chi connectivity index (χ1v) is 10.3. The third-order valence-corrected chi connectivity index (χ3v) is 5.20. The zero-order valence-corrected chi connectivity index (χ0v) is 18.3. The summed E-state index contributed by atoms with van der Waals surface area (Å²) in [6, 6.07) is 18.4. The summed E-state index contributed by atoms with van der Waals surface area (Å²) in [5.74, 6) is 0.637. The third kappa shape index (κ3) is 5.54. The van der Waals surface area contributed by atoms with Gasteiger partial charge in [0.1, 0.15) is 11.5 Å². The van der Waals surface area contributed by atoms with E-state index in [1.165, 1.54) is 0 Å². The van der Waals surface area contributed by atoms with Crippen LogP contribution in [0.2, 0.25) is 0 Å². The number of rotatable bonds is 8. The van der Waals surface area contributed by atoms with Gasteiger partial charge in [-0.05, 0) is 47.9 Å². The lowest BCUT2D eigenvalue weighted by Crippen LogP contribution is -2.39. The molecule has 2 amide bonds. The summed E-state index contributed by atoms with van der Waals surface area (Å²) >= 11 is 0. The Kier molecular flexibility index (Phi) is 7.13. The average molecular weight is 421 g/mol. The number of fused-ring (bicyclic) bond motifs is 1. The fourth-order valence-corrected chi connectivity index (χ4v) is 3.06. The molecule has 1 unspecified atom stereocenters. The van der Waals surface area contributed by atoms with Crippen molar-refractivity contribution in [2.75, 3.05) is 19.0 Å². The molecule has 162 valence electrons. The van der Waals surface area contributed by atoms with Crippen LogP contribution >= 0.6 is 0 Å². The molecule has 6 heteroatoms. The van der Waals surface area contributed by atoms with Crippen molar-refractivity contribution in [3.63, 3.8) is 0 Å². The van der Waals surface area contributed by atoms with E-state index in [0.717, 1.165) is 10.8 Å². The average Bonchev–Trinajstić information content (AvgIpc) is 2.77. The Morgan fingerprint density at radius 3 is 2.23 bits per heavy atom. The second-order valence-corrected chi connectivity index (χ2v) is 7.74. The van der Waals surface area contributed by atoms with Crippen molar-refractivity contribution in [3.8, 4) is 11.5 Å². The number of nitrogens with one attached hydrogen (secondary N) is 2. The van der Waals surface area contributed by atoms with Crippen LogP contribution in [0, 0.1) is 5.92 Å². The number of hydrogen-bond donors (Lipinski definition) is 2. The molecule has 0 saturated carbocycles. The Hall–Kier alpha value is -3.54. The first-order valence-electron chi connectivity index (χ1n) is 10.3. The molecule has 1 atom stereocenters. The van der Waals surface area contributed by atoms with Crippen molar-refractivity contribution >= 4 is 28.3 Å². The highest BCUT2D eigenvalue weighted by molar-refractivity contribution is 6.09. The summed E-state index contributed by atoms with van der Waals surface area (Å²) in [5.41, 5.74) is 0.895. The summed E-state index contributed by atoms with van der Waals surface area (Å²) in [4.78, 5) is 25.4. The Morgan fingerprint density at radius 2 is 1.55 bits per heavy atom. The zero-order valence-electron chi connectivity index (χ0n) is 18.3. The molecule has 0 spiro atoms. The zero-order chi connectivity index (χ0) is 22.4. The SMILES string of the molecule is COc1ccccc1NC(=O)c1cc2ccccc2cc1OCC(=O)NC(C)C(C)C. The molecule has 0 aliphatic carbocycles. The van der Waals surface area contributed by atoms with Gasteiger partial charge in [-0.2, -0.15) is 0 Å². The maximum atomic E-state index is 13.1. The monoisotopic (exact) mass is 420 g/mol. The molecule has 3 aromatic rings. The van der Waals surface area contributed by atoms with E-state index in [2.05, 4.69) is 10.6 Å². The molecule has 31 heavy (non-hydrogen) atoms. The van der Waals surface area contributed by atoms with E-state index < -0.39 is 0 Å². The van der Waals surface area contributed by atoms with Crippen LogP contribution in [-0.2, 0) is 4.79 Å². The third-order valence-electron chi connectivity index (χ3n) is 5.20.